The number of anilines is 2. The van der Waals surface area contributed by atoms with Crippen molar-refractivity contribution in [3.8, 4) is 0 Å². The van der Waals surface area contributed by atoms with E-state index < -0.39 is 22.2 Å². The van der Waals surface area contributed by atoms with E-state index in [0.717, 1.165) is 31.9 Å². The first-order valence-electron chi connectivity index (χ1n) is 10.7. The summed E-state index contributed by atoms with van der Waals surface area (Å²) in [5.41, 5.74) is 1.51. The van der Waals surface area contributed by atoms with Crippen LogP contribution in [-0.2, 0) is 19.6 Å². The van der Waals surface area contributed by atoms with E-state index >= 15 is 0 Å². The molecule has 0 spiro atoms. The summed E-state index contributed by atoms with van der Waals surface area (Å²) in [6.45, 7) is 3.89. The van der Waals surface area contributed by atoms with E-state index in [9.17, 15) is 26.4 Å². The third-order valence-electron chi connectivity index (χ3n) is 4.85. The van der Waals surface area contributed by atoms with Crippen LogP contribution in [0.25, 0.3) is 0 Å². The van der Waals surface area contributed by atoms with Crippen LogP contribution in [0.1, 0.15) is 10.4 Å². The number of nitrogens with zero attached hydrogens (tertiary/aromatic N) is 1. The molecule has 0 radical (unpaired) electrons. The Balaban J connectivity index is 0.000000572. The van der Waals surface area contributed by atoms with Crippen molar-refractivity contribution in [3.63, 3.8) is 0 Å². The van der Waals surface area contributed by atoms with Crippen LogP contribution in [0.15, 0.2) is 53.4 Å². The van der Waals surface area contributed by atoms with Gasteiger partial charge in [0.2, 0.25) is 0 Å². The van der Waals surface area contributed by atoms with Gasteiger partial charge < -0.3 is 25.4 Å². The molecule has 1 aliphatic heterocycles. The van der Waals surface area contributed by atoms with E-state index in [1.807, 2.05) is 0 Å². The number of carbonyl (C=O) groups is 2. The van der Waals surface area contributed by atoms with Gasteiger partial charge in [-0.2, -0.15) is 13.2 Å². The van der Waals surface area contributed by atoms with Crippen LogP contribution in [0.5, 0.6) is 0 Å². The predicted molar refractivity (Wildman–Crippen MR) is 127 cm³/mol. The lowest BCUT2D eigenvalue weighted by atomic mass is 10.1. The molecule has 14 heteroatoms. The number of alkyl halides is 3. The van der Waals surface area contributed by atoms with Gasteiger partial charge in [-0.25, -0.2) is 13.2 Å². The van der Waals surface area contributed by atoms with Crippen LogP contribution in [0.4, 0.5) is 24.5 Å². The van der Waals surface area contributed by atoms with Gasteiger partial charge in [-0.05, 0) is 30.3 Å². The van der Waals surface area contributed by atoms with Crippen LogP contribution in [0.2, 0.25) is 0 Å². The summed E-state index contributed by atoms with van der Waals surface area (Å²) < 4.78 is 65.1. The van der Waals surface area contributed by atoms with Crippen molar-refractivity contribution in [2.24, 2.45) is 0 Å². The highest BCUT2D eigenvalue weighted by atomic mass is 32.2. The van der Waals surface area contributed by atoms with Crippen LogP contribution >= 0.6 is 0 Å². The highest BCUT2D eigenvalue weighted by molar-refractivity contribution is 7.92. The number of carboxylic acid groups (broad SMARTS) is 1. The number of amides is 1. The Morgan fingerprint density at radius 1 is 1.11 bits per heavy atom. The molecular formula is C22H27F3N4O6S. The molecule has 1 fully saturated rings. The Kier molecular flexibility index (Phi) is 10.5. The molecule has 4 N–H and O–H groups in total. The zero-order valence-corrected chi connectivity index (χ0v) is 20.2. The zero-order valence-electron chi connectivity index (χ0n) is 19.3. The number of benzene rings is 2. The van der Waals surface area contributed by atoms with Crippen molar-refractivity contribution in [2.75, 3.05) is 56.1 Å². The number of aliphatic carboxylic acids is 1. The lowest BCUT2D eigenvalue weighted by molar-refractivity contribution is -0.192. The van der Waals surface area contributed by atoms with Gasteiger partial charge >= 0.3 is 12.1 Å². The summed E-state index contributed by atoms with van der Waals surface area (Å²) >= 11 is 0. The quantitative estimate of drug-likeness (QED) is 0.379. The van der Waals surface area contributed by atoms with Gasteiger partial charge in [-0.3, -0.25) is 9.52 Å². The molecule has 0 atom stereocenters. The Bertz CT molecular complexity index is 1120. The largest absolute Gasteiger partial charge is 0.490 e. The molecule has 198 valence electrons. The molecule has 2 aromatic rings. The fraction of sp³-hybridized carbons (Fsp3) is 0.364. The summed E-state index contributed by atoms with van der Waals surface area (Å²) in [6, 6.07) is 13.3. The molecule has 0 aliphatic carbocycles. The van der Waals surface area contributed by atoms with E-state index in [4.69, 9.17) is 14.6 Å². The highest BCUT2D eigenvalue weighted by Crippen LogP contribution is 2.30. The Morgan fingerprint density at radius 3 is 2.28 bits per heavy atom. The molecular weight excluding hydrogens is 505 g/mol. The third-order valence-corrected chi connectivity index (χ3v) is 6.23. The van der Waals surface area contributed by atoms with Crippen molar-refractivity contribution in [2.45, 2.75) is 11.1 Å². The van der Waals surface area contributed by atoms with Gasteiger partial charge in [-0.1, -0.05) is 18.2 Å². The molecule has 0 aromatic heterocycles. The number of sulfonamides is 1. The maximum atomic E-state index is 12.9. The average Bonchev–Trinajstić information content (AvgIpc) is 2.85. The first kappa shape index (κ1) is 28.9. The molecule has 1 amide bonds. The van der Waals surface area contributed by atoms with Crippen LogP contribution < -0.4 is 20.3 Å². The fourth-order valence-corrected chi connectivity index (χ4v) is 4.20. The first-order valence-corrected chi connectivity index (χ1v) is 12.2. The predicted octanol–water partition coefficient (Wildman–Crippen LogP) is 1.91. The Morgan fingerprint density at radius 2 is 1.72 bits per heavy atom. The third kappa shape index (κ3) is 8.70. The van der Waals surface area contributed by atoms with Gasteiger partial charge in [0.25, 0.3) is 15.9 Å². The number of nitrogens with one attached hydrogen (secondary N) is 3. The number of methoxy groups -OCH3 is 1. The molecule has 1 heterocycles. The molecule has 2 aromatic carbocycles. The molecule has 0 unspecified atom stereocenters. The van der Waals surface area contributed by atoms with Gasteiger partial charge in [0.15, 0.2) is 0 Å². The standard InChI is InChI=1S/C20H26N4O4S.C2HF3O2/c1-28-14-11-22-20(25)16-7-8-19(24-12-9-21-10-13-24)18(15-16)23-29(26,27)17-5-3-2-4-6-17;3-2(4,5)1(6)7/h2-8,15,21,23H,9-14H2,1H3,(H,22,25);(H,6,7). The van der Waals surface area contributed by atoms with Gasteiger partial charge in [0, 0.05) is 45.4 Å². The minimum Gasteiger partial charge on any atom is -0.475 e. The molecule has 3 rings (SSSR count). The second-order valence-corrected chi connectivity index (χ2v) is 9.12. The number of ether oxygens (including phenoxy) is 1. The summed E-state index contributed by atoms with van der Waals surface area (Å²) in [7, 11) is -2.22. The van der Waals surface area contributed by atoms with Gasteiger partial charge in [0.1, 0.15) is 0 Å². The molecule has 36 heavy (non-hydrogen) atoms. The number of piperazine rings is 1. The molecule has 1 aliphatic rings. The van der Waals surface area contributed by atoms with Crippen molar-refractivity contribution in [1.29, 1.82) is 0 Å². The van der Waals surface area contributed by atoms with Crippen molar-refractivity contribution in [1.82, 2.24) is 10.6 Å². The number of carboxylic acids is 1. The van der Waals surface area contributed by atoms with E-state index in [1.165, 1.54) is 12.1 Å². The lowest BCUT2D eigenvalue weighted by Gasteiger charge is -2.31. The van der Waals surface area contributed by atoms with E-state index in [0.29, 0.717) is 24.4 Å². The second-order valence-electron chi connectivity index (χ2n) is 7.44. The maximum absolute atomic E-state index is 12.9. The zero-order chi connectivity index (χ0) is 26.8. The number of carbonyl (C=O) groups excluding carboxylic acids is 1. The Labute approximate surface area is 206 Å². The summed E-state index contributed by atoms with van der Waals surface area (Å²) in [5, 5.41) is 13.2. The highest BCUT2D eigenvalue weighted by Gasteiger charge is 2.38. The minimum atomic E-state index is -5.08. The maximum Gasteiger partial charge on any atom is 0.490 e. The smallest absolute Gasteiger partial charge is 0.475 e. The normalized spacial score (nSPS) is 13.8. The van der Waals surface area contributed by atoms with Gasteiger partial charge in [-0.15, -0.1) is 0 Å². The number of hydrogen-bond acceptors (Lipinski definition) is 7. The number of hydrogen-bond donors (Lipinski definition) is 4. The van der Waals surface area contributed by atoms with Crippen LogP contribution in [-0.4, -0.2) is 78.0 Å². The van der Waals surface area contributed by atoms with Crippen LogP contribution in [0.3, 0.4) is 0 Å². The minimum absolute atomic E-state index is 0.168. The van der Waals surface area contributed by atoms with E-state index in [-0.39, 0.29) is 10.8 Å². The van der Waals surface area contributed by atoms with E-state index in [2.05, 4.69) is 20.3 Å². The molecule has 1 saturated heterocycles. The molecule has 10 nitrogen and oxygen atoms in total. The van der Waals surface area contributed by atoms with Crippen molar-refractivity contribution in [3.05, 3.63) is 54.1 Å². The summed E-state index contributed by atoms with van der Waals surface area (Å²) in [5.74, 6) is -3.04. The molecule has 0 bridgehead atoms. The van der Waals surface area contributed by atoms with Crippen molar-refractivity contribution >= 4 is 33.3 Å². The SMILES string of the molecule is COCCNC(=O)c1ccc(N2CCNCC2)c(NS(=O)(=O)c2ccccc2)c1.O=C(O)C(F)(F)F. The number of halogens is 3. The fourth-order valence-electron chi connectivity index (χ4n) is 3.11. The van der Waals surface area contributed by atoms with Crippen molar-refractivity contribution < 1.29 is 41.0 Å². The Hall–Kier alpha value is -3.36. The van der Waals surface area contributed by atoms with Gasteiger partial charge in [0.05, 0.1) is 22.9 Å². The summed E-state index contributed by atoms with van der Waals surface area (Å²) in [6.07, 6.45) is -5.08. The number of rotatable bonds is 8. The van der Waals surface area contributed by atoms with E-state index in [1.54, 1.807) is 43.5 Å². The second kappa shape index (κ2) is 13.1. The first-order chi connectivity index (χ1) is 17.0. The lowest BCUT2D eigenvalue weighted by Crippen LogP contribution is -2.43. The monoisotopic (exact) mass is 532 g/mol. The topological polar surface area (TPSA) is 137 Å². The molecule has 0 saturated carbocycles. The van der Waals surface area contributed by atoms with Crippen LogP contribution in [0, 0.1) is 0 Å². The summed E-state index contributed by atoms with van der Waals surface area (Å²) in [4.78, 5) is 23.6. The average molecular weight is 533 g/mol.